The van der Waals surface area contributed by atoms with Crippen LogP contribution in [0.4, 0.5) is 0 Å². The summed E-state index contributed by atoms with van der Waals surface area (Å²) < 4.78 is 0. The van der Waals surface area contributed by atoms with Crippen LogP contribution in [0.2, 0.25) is 0 Å². The molecule has 3 amide bonds. The predicted octanol–water partition coefficient (Wildman–Crippen LogP) is 3.50. The van der Waals surface area contributed by atoms with Crippen LogP contribution in [0.15, 0.2) is 60.7 Å². The Balaban J connectivity index is 1.47. The van der Waals surface area contributed by atoms with Crippen molar-refractivity contribution in [2.75, 3.05) is 6.54 Å². The van der Waals surface area contributed by atoms with Crippen molar-refractivity contribution in [3.63, 3.8) is 0 Å². The molecule has 0 aromatic heterocycles. The summed E-state index contributed by atoms with van der Waals surface area (Å²) in [6.45, 7) is 0.534. The Kier molecular flexibility index (Phi) is 10.5. The Hall–Kier alpha value is -3.19. The number of nitrogens with one attached hydrogen (secondary N) is 2. The van der Waals surface area contributed by atoms with E-state index in [1.165, 1.54) is 5.56 Å². The molecule has 3 fully saturated rings. The highest BCUT2D eigenvalue weighted by Gasteiger charge is 2.47. The highest BCUT2D eigenvalue weighted by molar-refractivity contribution is 5.89. The molecule has 0 radical (unpaired) electrons. The van der Waals surface area contributed by atoms with Gasteiger partial charge in [0.05, 0.1) is 5.92 Å². The maximum atomic E-state index is 13.7. The average Bonchev–Trinajstić information content (AvgIpc) is 2.96. The molecule has 5 rings (SSSR count). The minimum absolute atomic E-state index is 0.112. The zero-order valence-corrected chi connectivity index (χ0v) is 22.9. The number of hydrogen-bond donors (Lipinski definition) is 4. The topological polar surface area (TPSA) is 127 Å². The quantitative estimate of drug-likeness (QED) is 0.278. The van der Waals surface area contributed by atoms with Gasteiger partial charge in [0.2, 0.25) is 17.7 Å². The summed E-state index contributed by atoms with van der Waals surface area (Å²) in [7, 11) is 0. The van der Waals surface area contributed by atoms with Crippen LogP contribution >= 0.6 is 0 Å². The molecular weight excluding hydrogens is 488 g/mol. The van der Waals surface area contributed by atoms with Gasteiger partial charge in [-0.05, 0) is 93.7 Å². The second-order valence-electron chi connectivity index (χ2n) is 11.4. The van der Waals surface area contributed by atoms with Crippen molar-refractivity contribution >= 4 is 17.7 Å². The van der Waals surface area contributed by atoms with Crippen LogP contribution in [0, 0.1) is 23.7 Å². The molecule has 2 aromatic carbocycles. The normalized spacial score (nSPS) is 23.5. The van der Waals surface area contributed by atoms with E-state index >= 15 is 0 Å². The van der Waals surface area contributed by atoms with E-state index in [2.05, 4.69) is 22.8 Å². The summed E-state index contributed by atoms with van der Waals surface area (Å²) >= 11 is 0. The van der Waals surface area contributed by atoms with Crippen LogP contribution < -0.4 is 22.1 Å². The van der Waals surface area contributed by atoms with Crippen LogP contribution in [-0.4, -0.2) is 36.3 Å². The number of primary amides is 1. The number of aryl methyl sites for hydroxylation is 1. The third-order valence-corrected chi connectivity index (χ3v) is 8.76. The molecule has 39 heavy (non-hydrogen) atoms. The molecule has 2 bridgehead atoms. The van der Waals surface area contributed by atoms with Gasteiger partial charge in [-0.3, -0.25) is 14.4 Å². The first-order valence-corrected chi connectivity index (χ1v) is 14.6. The number of carbonyl (C=O) groups excluding carboxylic acids is 3. The Morgan fingerprint density at radius 3 is 2.03 bits per heavy atom. The zero-order valence-electron chi connectivity index (χ0n) is 22.9. The van der Waals surface area contributed by atoms with Crippen molar-refractivity contribution in [3.8, 4) is 0 Å². The number of carbonyl (C=O) groups is 3. The molecule has 3 aliphatic carbocycles. The lowest BCUT2D eigenvalue weighted by atomic mass is 9.61. The second kappa shape index (κ2) is 14.3. The molecule has 6 N–H and O–H groups in total. The van der Waals surface area contributed by atoms with Gasteiger partial charge >= 0.3 is 0 Å². The van der Waals surface area contributed by atoms with Gasteiger partial charge in [0.15, 0.2) is 0 Å². The maximum absolute atomic E-state index is 13.7. The first kappa shape index (κ1) is 28.8. The second-order valence-corrected chi connectivity index (χ2v) is 11.4. The third kappa shape index (κ3) is 7.91. The van der Waals surface area contributed by atoms with Gasteiger partial charge in [-0.15, -0.1) is 0 Å². The van der Waals surface area contributed by atoms with E-state index in [1.807, 2.05) is 48.5 Å². The van der Waals surface area contributed by atoms with Crippen LogP contribution in [0.1, 0.15) is 62.5 Å². The van der Waals surface area contributed by atoms with Gasteiger partial charge in [0.25, 0.3) is 0 Å². The minimum Gasteiger partial charge on any atom is -0.369 e. The molecule has 4 atom stereocenters. The molecule has 2 aromatic rings. The van der Waals surface area contributed by atoms with Crippen LogP contribution in [-0.2, 0) is 27.2 Å². The Bertz CT molecular complexity index is 1070. The molecule has 4 unspecified atom stereocenters. The van der Waals surface area contributed by atoms with E-state index in [4.69, 9.17) is 11.5 Å². The standard InChI is InChI=1S/C32H44N4O3/c33-20-8-7-13-27(32(39)36-29-25-18-16-24(17-19-25)28(29)30(34)37)35-31(38)26(21-23-11-5-2-6-12-23)15-14-22-9-3-1-4-10-22/h1-6,9-12,24-29H,7-8,13-21,33H2,(H2,34,37)(H,35,38)(H,36,39). The lowest BCUT2D eigenvalue weighted by Crippen LogP contribution is -2.60. The highest BCUT2D eigenvalue weighted by atomic mass is 16.2. The summed E-state index contributed by atoms with van der Waals surface area (Å²) in [6.07, 6.45) is 8.06. The number of benzene rings is 2. The average molecular weight is 533 g/mol. The maximum Gasteiger partial charge on any atom is 0.242 e. The molecule has 0 heterocycles. The lowest BCUT2D eigenvalue weighted by molar-refractivity contribution is -0.135. The molecule has 0 spiro atoms. The van der Waals surface area contributed by atoms with Gasteiger partial charge in [-0.1, -0.05) is 60.7 Å². The first-order chi connectivity index (χ1) is 19.0. The SMILES string of the molecule is NCCCCC(NC(=O)C(CCc1ccccc1)Cc1ccccc1)C(=O)NC1C2CCC(CC2)C1C(N)=O. The van der Waals surface area contributed by atoms with Gasteiger partial charge < -0.3 is 22.1 Å². The predicted molar refractivity (Wildman–Crippen MR) is 153 cm³/mol. The fourth-order valence-electron chi connectivity index (χ4n) is 6.59. The molecule has 3 aliphatic rings. The van der Waals surface area contributed by atoms with E-state index in [0.29, 0.717) is 25.8 Å². The van der Waals surface area contributed by atoms with Crippen molar-refractivity contribution in [1.29, 1.82) is 0 Å². The third-order valence-electron chi connectivity index (χ3n) is 8.76. The zero-order chi connectivity index (χ0) is 27.6. The number of amides is 3. The number of nitrogens with two attached hydrogens (primary N) is 2. The number of rotatable bonds is 14. The van der Waals surface area contributed by atoms with Crippen molar-refractivity contribution in [2.24, 2.45) is 35.1 Å². The van der Waals surface area contributed by atoms with Gasteiger partial charge in [0, 0.05) is 12.0 Å². The Labute approximate surface area is 232 Å². The lowest BCUT2D eigenvalue weighted by Gasteiger charge is -2.47. The summed E-state index contributed by atoms with van der Waals surface area (Å²) in [5, 5.41) is 6.28. The monoisotopic (exact) mass is 532 g/mol. The van der Waals surface area contributed by atoms with E-state index in [0.717, 1.165) is 50.5 Å². The van der Waals surface area contributed by atoms with E-state index in [1.54, 1.807) is 0 Å². The fraction of sp³-hybridized carbons (Fsp3) is 0.531. The molecule has 7 nitrogen and oxygen atoms in total. The first-order valence-electron chi connectivity index (χ1n) is 14.6. The summed E-state index contributed by atoms with van der Waals surface area (Å²) in [5.41, 5.74) is 13.8. The van der Waals surface area contributed by atoms with Crippen molar-refractivity contribution < 1.29 is 14.4 Å². The summed E-state index contributed by atoms with van der Waals surface area (Å²) in [5.74, 6) is -0.780. The van der Waals surface area contributed by atoms with Gasteiger partial charge in [-0.2, -0.15) is 0 Å². The van der Waals surface area contributed by atoms with E-state index in [9.17, 15) is 14.4 Å². The van der Waals surface area contributed by atoms with Crippen LogP contribution in [0.25, 0.3) is 0 Å². The Morgan fingerprint density at radius 2 is 1.41 bits per heavy atom. The number of unbranched alkanes of at least 4 members (excludes halogenated alkanes) is 1. The summed E-state index contributed by atoms with van der Waals surface area (Å²) in [4.78, 5) is 39.7. The molecule has 210 valence electrons. The fourth-order valence-corrected chi connectivity index (χ4v) is 6.59. The highest BCUT2D eigenvalue weighted by Crippen LogP contribution is 2.45. The molecule has 7 heteroatoms. The van der Waals surface area contributed by atoms with Crippen LogP contribution in [0.3, 0.4) is 0 Å². The van der Waals surface area contributed by atoms with Crippen molar-refractivity contribution in [1.82, 2.24) is 10.6 Å². The van der Waals surface area contributed by atoms with E-state index < -0.39 is 6.04 Å². The molecule has 3 saturated carbocycles. The van der Waals surface area contributed by atoms with E-state index in [-0.39, 0.29) is 47.4 Å². The molecule has 0 aliphatic heterocycles. The Morgan fingerprint density at radius 1 is 0.795 bits per heavy atom. The molecule has 0 saturated heterocycles. The van der Waals surface area contributed by atoms with Gasteiger partial charge in [-0.25, -0.2) is 0 Å². The van der Waals surface area contributed by atoms with Crippen molar-refractivity contribution in [2.45, 2.75) is 76.3 Å². The largest absolute Gasteiger partial charge is 0.369 e. The summed E-state index contributed by atoms with van der Waals surface area (Å²) in [6, 6.07) is 19.2. The minimum atomic E-state index is -0.673. The smallest absolute Gasteiger partial charge is 0.242 e. The number of fused-ring (bicyclic) bond motifs is 3. The van der Waals surface area contributed by atoms with Crippen molar-refractivity contribution in [3.05, 3.63) is 71.8 Å². The van der Waals surface area contributed by atoms with Gasteiger partial charge in [0.1, 0.15) is 6.04 Å². The number of hydrogen-bond acceptors (Lipinski definition) is 4. The van der Waals surface area contributed by atoms with Crippen LogP contribution in [0.5, 0.6) is 0 Å². The molecular formula is C32H44N4O3.